The van der Waals surface area contributed by atoms with Gasteiger partial charge in [-0.25, -0.2) is 4.79 Å². The molecule has 5 heteroatoms. The molecule has 1 fully saturated rings. The molecule has 0 aromatic heterocycles. The van der Waals surface area contributed by atoms with Crippen molar-refractivity contribution in [3.05, 3.63) is 0 Å². The average Bonchev–Trinajstić information content (AvgIpc) is 2.26. The quantitative estimate of drug-likeness (QED) is 0.847. The van der Waals surface area contributed by atoms with Gasteiger partial charge in [-0.1, -0.05) is 13.8 Å². The van der Waals surface area contributed by atoms with Gasteiger partial charge in [-0.3, -0.25) is 4.90 Å². The number of amides is 1. The molecule has 1 saturated heterocycles. The summed E-state index contributed by atoms with van der Waals surface area (Å²) < 4.78 is 5.47. The zero-order valence-corrected chi connectivity index (χ0v) is 12.8. The molecule has 19 heavy (non-hydrogen) atoms. The van der Waals surface area contributed by atoms with Crippen molar-refractivity contribution >= 4 is 6.09 Å². The molecular weight excluding hydrogens is 244 g/mol. The zero-order valence-electron chi connectivity index (χ0n) is 12.8. The van der Waals surface area contributed by atoms with E-state index in [9.17, 15) is 4.79 Å². The summed E-state index contributed by atoms with van der Waals surface area (Å²) in [5, 5.41) is 9.02. The predicted molar refractivity (Wildman–Crippen MR) is 75.1 cm³/mol. The topological polar surface area (TPSA) is 53.0 Å². The maximum absolute atomic E-state index is 12.2. The van der Waals surface area contributed by atoms with Crippen molar-refractivity contribution in [3.8, 4) is 0 Å². The van der Waals surface area contributed by atoms with Crippen LogP contribution in [0.4, 0.5) is 4.79 Å². The minimum atomic E-state index is -0.457. The van der Waals surface area contributed by atoms with Crippen LogP contribution in [0.15, 0.2) is 0 Å². The maximum Gasteiger partial charge on any atom is 0.410 e. The lowest BCUT2D eigenvalue weighted by molar-refractivity contribution is -0.0111. The van der Waals surface area contributed by atoms with Gasteiger partial charge >= 0.3 is 6.09 Å². The first-order valence-corrected chi connectivity index (χ1v) is 7.07. The maximum atomic E-state index is 12.2. The van der Waals surface area contributed by atoms with Crippen LogP contribution in [0.5, 0.6) is 0 Å². The fourth-order valence-corrected chi connectivity index (χ4v) is 2.33. The normalized spacial score (nSPS) is 21.8. The van der Waals surface area contributed by atoms with Crippen molar-refractivity contribution < 1.29 is 14.6 Å². The summed E-state index contributed by atoms with van der Waals surface area (Å²) in [5.41, 5.74) is -0.457. The first-order chi connectivity index (χ1) is 8.74. The molecule has 0 aromatic rings. The summed E-state index contributed by atoms with van der Waals surface area (Å²) in [6.45, 7) is 13.0. The number of rotatable bonds is 3. The van der Waals surface area contributed by atoms with Gasteiger partial charge in [0, 0.05) is 26.2 Å². The number of β-amino-alcohol motifs (C(OH)–C–C–N with tert-alkyl or cyclic N) is 1. The molecule has 5 nitrogen and oxygen atoms in total. The third kappa shape index (κ3) is 4.99. The first-order valence-electron chi connectivity index (χ1n) is 7.07. The molecule has 1 amide bonds. The third-order valence-electron chi connectivity index (χ3n) is 3.32. The number of piperazine rings is 1. The van der Waals surface area contributed by atoms with E-state index in [2.05, 4.69) is 18.7 Å². The largest absolute Gasteiger partial charge is 0.444 e. The minimum absolute atomic E-state index is 0.148. The predicted octanol–water partition coefficient (Wildman–Crippen LogP) is 1.56. The molecule has 0 aromatic carbocycles. The highest BCUT2D eigenvalue weighted by Gasteiger charge is 2.34. The minimum Gasteiger partial charge on any atom is -0.444 e. The molecule has 0 radical (unpaired) electrons. The fraction of sp³-hybridized carbons (Fsp3) is 0.929. The highest BCUT2D eigenvalue weighted by atomic mass is 16.6. The van der Waals surface area contributed by atoms with Crippen LogP contribution in [0.25, 0.3) is 0 Å². The number of nitrogens with zero attached hydrogens (tertiary/aromatic N) is 2. The Hall–Kier alpha value is -0.810. The van der Waals surface area contributed by atoms with E-state index in [-0.39, 0.29) is 18.7 Å². The number of hydrogen-bond acceptors (Lipinski definition) is 4. The molecule has 0 spiro atoms. The van der Waals surface area contributed by atoms with Crippen LogP contribution in [-0.4, -0.2) is 65.4 Å². The molecule has 1 unspecified atom stereocenters. The van der Waals surface area contributed by atoms with E-state index in [1.165, 1.54) is 0 Å². The van der Waals surface area contributed by atoms with E-state index in [4.69, 9.17) is 9.84 Å². The molecule has 0 bridgehead atoms. The molecule has 1 aliphatic heterocycles. The van der Waals surface area contributed by atoms with E-state index in [0.29, 0.717) is 19.0 Å². The molecule has 1 aliphatic rings. The average molecular weight is 272 g/mol. The van der Waals surface area contributed by atoms with Crippen LogP contribution in [0.1, 0.15) is 34.6 Å². The Morgan fingerprint density at radius 3 is 2.47 bits per heavy atom. The summed E-state index contributed by atoms with van der Waals surface area (Å²) in [6.07, 6.45) is -0.227. The van der Waals surface area contributed by atoms with Gasteiger partial charge in [0.15, 0.2) is 0 Å². The van der Waals surface area contributed by atoms with Crippen molar-refractivity contribution in [1.82, 2.24) is 9.80 Å². The molecular formula is C14H28N2O3. The Kier molecular flexibility index (Phi) is 5.62. The van der Waals surface area contributed by atoms with Crippen LogP contribution >= 0.6 is 0 Å². The van der Waals surface area contributed by atoms with E-state index in [0.717, 1.165) is 13.1 Å². The molecule has 1 rings (SSSR count). The second-order valence-electron chi connectivity index (χ2n) is 6.51. The molecule has 1 atom stereocenters. The highest BCUT2D eigenvalue weighted by Crippen LogP contribution is 2.20. The number of ether oxygens (including phenoxy) is 1. The van der Waals surface area contributed by atoms with Gasteiger partial charge in [0.25, 0.3) is 0 Å². The third-order valence-corrected chi connectivity index (χ3v) is 3.32. The van der Waals surface area contributed by atoms with Crippen LogP contribution < -0.4 is 0 Å². The van der Waals surface area contributed by atoms with Crippen molar-refractivity contribution in [3.63, 3.8) is 0 Å². The number of carbonyl (C=O) groups is 1. The second-order valence-corrected chi connectivity index (χ2v) is 6.51. The van der Waals surface area contributed by atoms with Crippen LogP contribution in [-0.2, 0) is 4.74 Å². The lowest BCUT2D eigenvalue weighted by Gasteiger charge is -2.43. The van der Waals surface area contributed by atoms with Gasteiger partial charge in [0.05, 0.1) is 12.6 Å². The van der Waals surface area contributed by atoms with Crippen molar-refractivity contribution in [2.24, 2.45) is 5.92 Å². The van der Waals surface area contributed by atoms with Crippen LogP contribution in [0.3, 0.4) is 0 Å². The molecule has 0 aliphatic carbocycles. The van der Waals surface area contributed by atoms with Crippen molar-refractivity contribution in [2.75, 3.05) is 32.8 Å². The fourth-order valence-electron chi connectivity index (χ4n) is 2.33. The van der Waals surface area contributed by atoms with Gasteiger partial charge in [0.2, 0.25) is 0 Å². The summed E-state index contributed by atoms with van der Waals surface area (Å²) >= 11 is 0. The highest BCUT2D eigenvalue weighted by molar-refractivity contribution is 5.68. The molecule has 0 saturated carbocycles. The lowest BCUT2D eigenvalue weighted by atomic mass is 10.00. The van der Waals surface area contributed by atoms with Crippen LogP contribution in [0, 0.1) is 5.92 Å². The van der Waals surface area contributed by atoms with E-state index >= 15 is 0 Å². The van der Waals surface area contributed by atoms with Gasteiger partial charge in [-0.05, 0) is 26.7 Å². The smallest absolute Gasteiger partial charge is 0.410 e. The van der Waals surface area contributed by atoms with Gasteiger partial charge in [-0.2, -0.15) is 0 Å². The zero-order chi connectivity index (χ0) is 14.6. The van der Waals surface area contributed by atoms with Gasteiger partial charge < -0.3 is 14.7 Å². The molecule has 1 heterocycles. The Balaban J connectivity index is 2.69. The van der Waals surface area contributed by atoms with E-state index in [1.807, 2.05) is 25.7 Å². The van der Waals surface area contributed by atoms with Crippen molar-refractivity contribution in [1.29, 1.82) is 0 Å². The SMILES string of the molecule is CC(C)C1CN(CCO)CCN1C(=O)OC(C)(C)C. The molecule has 1 N–H and O–H groups in total. The standard InChI is InChI=1S/C14H28N2O3/c1-11(2)12-10-15(8-9-17)6-7-16(12)13(18)19-14(3,4)5/h11-12,17H,6-10H2,1-5H3. The van der Waals surface area contributed by atoms with Crippen molar-refractivity contribution in [2.45, 2.75) is 46.3 Å². The summed E-state index contributed by atoms with van der Waals surface area (Å²) in [5.74, 6) is 0.369. The Morgan fingerprint density at radius 2 is 2.00 bits per heavy atom. The number of aliphatic hydroxyl groups excluding tert-OH is 1. The summed E-state index contributed by atoms with van der Waals surface area (Å²) in [4.78, 5) is 16.3. The number of aliphatic hydroxyl groups is 1. The first kappa shape index (κ1) is 16.2. The monoisotopic (exact) mass is 272 g/mol. The van der Waals surface area contributed by atoms with E-state index < -0.39 is 5.60 Å². The lowest BCUT2D eigenvalue weighted by Crippen LogP contribution is -2.58. The Bertz CT molecular complexity index is 300. The summed E-state index contributed by atoms with van der Waals surface area (Å²) in [6, 6.07) is 0.148. The van der Waals surface area contributed by atoms with Crippen LogP contribution in [0.2, 0.25) is 0 Å². The number of carbonyl (C=O) groups excluding carboxylic acids is 1. The second kappa shape index (κ2) is 6.57. The Labute approximate surface area is 116 Å². The summed E-state index contributed by atoms with van der Waals surface area (Å²) in [7, 11) is 0. The van der Waals surface area contributed by atoms with Gasteiger partial charge in [0.1, 0.15) is 5.60 Å². The van der Waals surface area contributed by atoms with Gasteiger partial charge in [-0.15, -0.1) is 0 Å². The molecule has 112 valence electrons. The van der Waals surface area contributed by atoms with E-state index in [1.54, 1.807) is 0 Å². The number of hydrogen-bond donors (Lipinski definition) is 1. The Morgan fingerprint density at radius 1 is 1.37 bits per heavy atom.